The number of halogens is 1. The lowest BCUT2D eigenvalue weighted by Crippen LogP contribution is -1.90. The molecule has 1 aromatic heterocycles. The summed E-state index contributed by atoms with van der Waals surface area (Å²) in [6.07, 6.45) is 2.60. The van der Waals surface area contributed by atoms with Crippen molar-refractivity contribution in [2.75, 3.05) is 6.26 Å². The molecule has 0 bridgehead atoms. The Balaban J connectivity index is 0.000000671. The normalized spacial score (nSPS) is 9.38. The number of aryl methyl sites for hydroxylation is 1. The van der Waals surface area contributed by atoms with Crippen molar-refractivity contribution in [3.8, 4) is 0 Å². The van der Waals surface area contributed by atoms with Crippen molar-refractivity contribution in [2.24, 2.45) is 0 Å². The summed E-state index contributed by atoms with van der Waals surface area (Å²) < 4.78 is 1.99. The number of hydrogen-bond donors (Lipinski definition) is 2. The van der Waals surface area contributed by atoms with Crippen molar-refractivity contribution in [2.45, 2.75) is 26.9 Å². The fourth-order valence-electron chi connectivity index (χ4n) is 0.955. The summed E-state index contributed by atoms with van der Waals surface area (Å²) >= 11 is 5.72. The van der Waals surface area contributed by atoms with Crippen molar-refractivity contribution in [1.82, 2.24) is 7.76 Å². The number of aromatic nitrogens is 2. The van der Waals surface area contributed by atoms with Crippen molar-refractivity contribution in [3.63, 3.8) is 0 Å². The van der Waals surface area contributed by atoms with Gasteiger partial charge in [-0.15, -0.1) is 0 Å². The number of nitrogens with zero attached hydrogens (tertiary/aromatic N) is 2. The van der Waals surface area contributed by atoms with Gasteiger partial charge in [-0.05, 0) is 13.2 Å². The molecule has 3 nitrogen and oxygen atoms in total. The molecule has 5 heteroatoms. The van der Waals surface area contributed by atoms with Crippen LogP contribution in [0.4, 0.5) is 0 Å². The third kappa shape index (κ3) is 3.14. The second kappa shape index (κ2) is 6.67. The van der Waals surface area contributed by atoms with E-state index in [-0.39, 0.29) is 6.61 Å². The molecule has 0 fully saturated rings. The lowest BCUT2D eigenvalue weighted by Gasteiger charge is -1.95. The molecule has 0 spiro atoms. The number of hydrogen-bond acceptors (Lipinski definition) is 3. The second-order valence-electron chi connectivity index (χ2n) is 2.35. The lowest BCUT2D eigenvalue weighted by atomic mass is 10.4. The van der Waals surface area contributed by atoms with E-state index in [2.05, 4.69) is 47.4 Å². The minimum absolute atomic E-state index is 0.0365. The van der Waals surface area contributed by atoms with Crippen molar-refractivity contribution in [1.29, 1.82) is 0 Å². The summed E-state index contributed by atoms with van der Waals surface area (Å²) in [5.41, 5.74) is 1.83. The van der Waals surface area contributed by atoms with Gasteiger partial charge in [0.1, 0.15) is 5.82 Å². The van der Waals surface area contributed by atoms with Crippen LogP contribution in [0, 0.1) is 6.92 Å². The monoisotopic (exact) mass is 314 g/mol. The maximum absolute atomic E-state index is 8.87. The highest BCUT2D eigenvalue weighted by atomic mass is 127. The topological polar surface area (TPSA) is 38.1 Å². The van der Waals surface area contributed by atoms with Gasteiger partial charge in [-0.25, -0.2) is 4.98 Å². The van der Waals surface area contributed by atoms with E-state index < -0.39 is 0 Å². The third-order valence-corrected chi connectivity index (χ3v) is 2.95. The summed E-state index contributed by atoms with van der Waals surface area (Å²) in [7, 11) is 0. The van der Waals surface area contributed by atoms with E-state index >= 15 is 0 Å². The minimum atomic E-state index is 0.0365. The zero-order valence-corrected chi connectivity index (χ0v) is 11.1. The van der Waals surface area contributed by atoms with E-state index in [0.29, 0.717) is 0 Å². The van der Waals surface area contributed by atoms with Crippen LogP contribution >= 0.6 is 35.5 Å². The first kappa shape index (κ1) is 13.2. The van der Waals surface area contributed by atoms with Gasteiger partial charge < -0.3 is 5.11 Å². The number of aliphatic hydroxyl groups excluding tert-OH is 1. The Hall–Kier alpha value is 0.250. The molecule has 1 heterocycles. The Bertz CT molecular complexity index is 238. The fraction of sp³-hybridized carbons (Fsp3) is 0.625. The predicted octanol–water partition coefficient (Wildman–Crippen LogP) is 1.99. The summed E-state index contributed by atoms with van der Waals surface area (Å²) in [4.78, 5) is 4.25. The second-order valence-corrected chi connectivity index (χ2v) is 3.32. The molecular weight excluding hydrogens is 299 g/mol. The van der Waals surface area contributed by atoms with Gasteiger partial charge in [0.2, 0.25) is 0 Å². The van der Waals surface area contributed by atoms with Crippen LogP contribution in [0.15, 0.2) is 0 Å². The molecule has 13 heavy (non-hydrogen) atoms. The SMILES string of the molecule is CCc1nc(CO)c(C)n1I.CS. The third-order valence-electron chi connectivity index (χ3n) is 1.67. The highest BCUT2D eigenvalue weighted by Crippen LogP contribution is 2.14. The van der Waals surface area contributed by atoms with Crippen LogP contribution in [0.5, 0.6) is 0 Å². The molecule has 0 unspecified atom stereocenters. The van der Waals surface area contributed by atoms with Gasteiger partial charge >= 0.3 is 0 Å². The van der Waals surface area contributed by atoms with E-state index in [0.717, 1.165) is 23.6 Å². The molecule has 0 radical (unpaired) electrons. The average Bonchev–Trinajstić information content (AvgIpc) is 2.47. The highest BCUT2D eigenvalue weighted by molar-refractivity contribution is 14.1. The van der Waals surface area contributed by atoms with Crippen LogP contribution < -0.4 is 0 Å². The largest absolute Gasteiger partial charge is 0.390 e. The maximum atomic E-state index is 8.87. The van der Waals surface area contributed by atoms with Crippen LogP contribution in [-0.4, -0.2) is 19.1 Å². The molecule has 0 aliphatic carbocycles. The Morgan fingerprint density at radius 2 is 2.08 bits per heavy atom. The molecule has 0 aliphatic rings. The van der Waals surface area contributed by atoms with Crippen LogP contribution in [0.1, 0.15) is 24.1 Å². The van der Waals surface area contributed by atoms with Crippen LogP contribution in [-0.2, 0) is 13.0 Å². The van der Waals surface area contributed by atoms with Crippen molar-refractivity contribution < 1.29 is 5.11 Å². The molecule has 0 aromatic carbocycles. The number of imidazole rings is 1. The molecule has 76 valence electrons. The predicted molar refractivity (Wildman–Crippen MR) is 66.6 cm³/mol. The lowest BCUT2D eigenvalue weighted by molar-refractivity contribution is 0.276. The van der Waals surface area contributed by atoms with Crippen molar-refractivity contribution in [3.05, 3.63) is 17.2 Å². The molecular formula is C8H15IN2OS. The van der Waals surface area contributed by atoms with Gasteiger partial charge in [-0.1, -0.05) is 6.92 Å². The molecule has 0 amide bonds. The molecule has 1 aromatic rings. The number of rotatable bonds is 2. The van der Waals surface area contributed by atoms with Gasteiger partial charge in [0.25, 0.3) is 0 Å². The summed E-state index contributed by atoms with van der Waals surface area (Å²) in [6, 6.07) is 0. The quantitative estimate of drug-likeness (QED) is 0.647. The molecule has 0 saturated carbocycles. The van der Waals surface area contributed by atoms with Crippen molar-refractivity contribution >= 4 is 35.5 Å². The Morgan fingerprint density at radius 1 is 1.54 bits per heavy atom. The fourth-order valence-corrected chi connectivity index (χ4v) is 1.68. The van der Waals surface area contributed by atoms with Crippen LogP contribution in [0.3, 0.4) is 0 Å². The van der Waals surface area contributed by atoms with Gasteiger partial charge in [0.05, 0.1) is 40.9 Å². The van der Waals surface area contributed by atoms with E-state index in [4.69, 9.17) is 5.11 Å². The van der Waals surface area contributed by atoms with Crippen LogP contribution in [0.25, 0.3) is 0 Å². The Labute approximate surface area is 98.5 Å². The molecule has 0 saturated heterocycles. The number of thiol groups is 1. The first-order valence-corrected chi connectivity index (χ1v) is 5.85. The molecule has 1 N–H and O–H groups in total. The molecule has 0 atom stereocenters. The van der Waals surface area contributed by atoms with E-state index in [1.54, 1.807) is 6.26 Å². The smallest absolute Gasteiger partial charge is 0.117 e. The Morgan fingerprint density at radius 3 is 2.31 bits per heavy atom. The highest BCUT2D eigenvalue weighted by Gasteiger charge is 2.08. The van der Waals surface area contributed by atoms with E-state index in [1.165, 1.54) is 0 Å². The summed E-state index contributed by atoms with van der Waals surface area (Å²) in [5.74, 6) is 1.02. The minimum Gasteiger partial charge on any atom is -0.390 e. The molecule has 0 aliphatic heterocycles. The first-order valence-electron chi connectivity index (χ1n) is 3.99. The molecule has 1 rings (SSSR count). The van der Waals surface area contributed by atoms with E-state index in [1.807, 2.05) is 9.70 Å². The zero-order valence-electron chi connectivity index (χ0n) is 8.08. The van der Waals surface area contributed by atoms with Gasteiger partial charge in [-0.3, -0.25) is 2.78 Å². The standard InChI is InChI=1S/C7H11IN2O.CH4S/c1-3-7-9-6(4-11)5(2)10(7)8;1-2/h11H,3-4H2,1-2H3;2H,1H3. The Kier molecular flexibility index (Phi) is 6.79. The van der Waals surface area contributed by atoms with Crippen LogP contribution in [0.2, 0.25) is 0 Å². The maximum Gasteiger partial charge on any atom is 0.117 e. The zero-order chi connectivity index (χ0) is 10.4. The number of aliphatic hydroxyl groups is 1. The van der Waals surface area contributed by atoms with Gasteiger partial charge in [0.15, 0.2) is 0 Å². The summed E-state index contributed by atoms with van der Waals surface area (Å²) in [6.45, 7) is 4.05. The van der Waals surface area contributed by atoms with Gasteiger partial charge in [-0.2, -0.15) is 12.6 Å². The first-order chi connectivity index (χ1) is 6.20. The average molecular weight is 314 g/mol. The van der Waals surface area contributed by atoms with E-state index in [9.17, 15) is 0 Å². The van der Waals surface area contributed by atoms with Gasteiger partial charge in [0, 0.05) is 6.42 Å². The summed E-state index contributed by atoms with van der Waals surface area (Å²) in [5, 5.41) is 8.87.